The predicted octanol–water partition coefficient (Wildman–Crippen LogP) is 15.2. The highest BCUT2D eigenvalue weighted by Crippen LogP contribution is 2.65. The Labute approximate surface area is 391 Å². The van der Waals surface area contributed by atoms with Gasteiger partial charge in [0.05, 0.1) is 39.8 Å². The molecule has 19 rings (SSSR count). The monoisotopic (exact) mass is 859 g/mol. The van der Waals surface area contributed by atoms with Gasteiger partial charge in [0.25, 0.3) is 0 Å². The van der Waals surface area contributed by atoms with Crippen LogP contribution in [0.2, 0.25) is 0 Å². The summed E-state index contributed by atoms with van der Waals surface area (Å²) >= 11 is 0. The van der Waals surface area contributed by atoms with Crippen LogP contribution in [0.15, 0.2) is 164 Å². The summed E-state index contributed by atoms with van der Waals surface area (Å²) in [5.74, 6) is -0.196. The maximum atomic E-state index is 11.5. The summed E-state index contributed by atoms with van der Waals surface area (Å²) in [4.78, 5) is 0. The fourth-order valence-electron chi connectivity index (χ4n) is 15.5. The molecular weight excluding hydrogens is 823 g/mol. The zero-order valence-electron chi connectivity index (χ0n) is 37.2. The number of hydrogen-bond acceptors (Lipinski definition) is 2. The fourth-order valence-corrected chi connectivity index (χ4v) is 15.5. The smallest absolute Gasteiger partial charge is 0.0995 e. The molecule has 0 saturated heterocycles. The molecule has 7 aliphatic rings. The highest BCUT2D eigenvalue weighted by atomic mass is 14.9. The summed E-state index contributed by atoms with van der Waals surface area (Å²) in [6.45, 7) is 4.92. The van der Waals surface area contributed by atoms with Crippen LogP contribution in [-0.2, 0) is 5.41 Å². The fraction of sp³-hybridized carbons (Fsp3) is 0.108. The Bertz CT molecular complexity index is 4430. The third kappa shape index (κ3) is 3.74. The van der Waals surface area contributed by atoms with E-state index in [4.69, 9.17) is 0 Å². The summed E-state index contributed by atoms with van der Waals surface area (Å²) in [6, 6.07) is 66.6. The quantitative estimate of drug-likeness (QED) is 0.143. The number of hydrogen-bond donors (Lipinski definition) is 0. The third-order valence-corrected chi connectivity index (χ3v) is 17.6. The molecule has 12 aromatic rings. The minimum absolute atomic E-state index is 0.0386. The van der Waals surface area contributed by atoms with E-state index in [1.807, 2.05) is 0 Å². The molecule has 0 spiro atoms. The van der Waals surface area contributed by atoms with E-state index in [0.29, 0.717) is 0 Å². The predicted molar refractivity (Wildman–Crippen MR) is 273 cm³/mol. The van der Waals surface area contributed by atoms with Gasteiger partial charge < -0.3 is 4.40 Å². The van der Waals surface area contributed by atoms with E-state index in [1.54, 1.807) is 0 Å². The molecule has 0 saturated carbocycles. The molecule has 68 heavy (non-hydrogen) atoms. The van der Waals surface area contributed by atoms with Crippen molar-refractivity contribution in [1.29, 1.82) is 10.5 Å². The topological polar surface area (TPSA) is 52.0 Å². The molecule has 4 bridgehead atoms. The Morgan fingerprint density at radius 2 is 0.779 bits per heavy atom. The first-order valence-corrected chi connectivity index (χ1v) is 24.0. The van der Waals surface area contributed by atoms with Crippen LogP contribution in [0.5, 0.6) is 0 Å². The van der Waals surface area contributed by atoms with Gasteiger partial charge in [-0.3, -0.25) is 0 Å². The molecule has 10 aromatic carbocycles. The van der Waals surface area contributed by atoms with Crippen LogP contribution >= 0.6 is 0 Å². The molecule has 0 fully saturated rings. The molecule has 312 valence electrons. The molecule has 0 aliphatic heterocycles. The van der Waals surface area contributed by atoms with E-state index in [2.05, 4.69) is 194 Å². The van der Waals surface area contributed by atoms with E-state index in [1.165, 1.54) is 126 Å². The van der Waals surface area contributed by atoms with E-state index in [0.717, 1.165) is 33.3 Å². The minimum atomic E-state index is -0.404. The van der Waals surface area contributed by atoms with Gasteiger partial charge in [-0.1, -0.05) is 159 Å². The standard InChI is InChI=1S/C65H37N3/c1-65(2)62-45-26-14-4-16-35(45)34-15-3-5-17-36(34)56(62)46-29-47-57-48(27-32(30-66)50-52-37-18-6-10-22-41(37)54(59(50)57)42-23-11-7-19-38(42)52)68-49-28-33(31-67)51-53-39-20-8-12-24-43(39)55(44-25-13-9-21-40(44)53)60(51)58(49)61(63(46)65)64(47)68/h3-29,52-55H,1-2H3. The van der Waals surface area contributed by atoms with Crippen molar-refractivity contribution < 1.29 is 0 Å². The average molecular weight is 860 g/mol. The van der Waals surface area contributed by atoms with Crippen molar-refractivity contribution in [2.75, 3.05) is 0 Å². The minimum Gasteiger partial charge on any atom is -0.308 e. The van der Waals surface area contributed by atoms with Gasteiger partial charge in [0, 0.05) is 50.6 Å². The van der Waals surface area contributed by atoms with Crippen molar-refractivity contribution in [3.05, 3.63) is 253 Å². The largest absolute Gasteiger partial charge is 0.308 e. The zero-order chi connectivity index (χ0) is 44.6. The third-order valence-electron chi connectivity index (χ3n) is 17.6. The van der Waals surface area contributed by atoms with Gasteiger partial charge >= 0.3 is 0 Å². The van der Waals surface area contributed by atoms with E-state index < -0.39 is 5.41 Å². The lowest BCUT2D eigenvalue weighted by Gasteiger charge is -2.43. The zero-order valence-corrected chi connectivity index (χ0v) is 37.2. The Kier molecular flexibility index (Phi) is 6.15. The molecule has 0 N–H and O–H groups in total. The van der Waals surface area contributed by atoms with Crippen molar-refractivity contribution in [3.8, 4) is 23.3 Å². The summed E-state index contributed by atoms with van der Waals surface area (Å²) in [5, 5.41) is 33.0. The lowest BCUT2D eigenvalue weighted by atomic mass is 9.59. The van der Waals surface area contributed by atoms with Crippen molar-refractivity contribution in [3.63, 3.8) is 0 Å². The highest BCUT2D eigenvalue weighted by molar-refractivity contribution is 6.31. The number of aromatic nitrogens is 1. The molecule has 2 aromatic heterocycles. The lowest BCUT2D eigenvalue weighted by Crippen LogP contribution is -2.29. The molecular formula is C65H37N3. The van der Waals surface area contributed by atoms with Crippen LogP contribution < -0.4 is 0 Å². The number of nitriles is 2. The Morgan fingerprint density at radius 3 is 1.25 bits per heavy atom. The molecule has 2 heterocycles. The number of nitrogens with zero attached hydrogens (tertiary/aromatic N) is 3. The summed E-state index contributed by atoms with van der Waals surface area (Å²) in [7, 11) is 0. The van der Waals surface area contributed by atoms with Gasteiger partial charge in [0.15, 0.2) is 0 Å². The Balaban J connectivity index is 1.14. The number of benzene rings is 10. The van der Waals surface area contributed by atoms with Crippen molar-refractivity contribution in [2.45, 2.75) is 42.9 Å². The summed E-state index contributed by atoms with van der Waals surface area (Å²) in [6.07, 6.45) is 0. The maximum absolute atomic E-state index is 11.5. The normalized spacial score (nSPS) is 19.1. The van der Waals surface area contributed by atoms with Gasteiger partial charge in [-0.25, -0.2) is 0 Å². The molecule has 7 aliphatic carbocycles. The van der Waals surface area contributed by atoms with Crippen molar-refractivity contribution >= 4 is 59.6 Å². The van der Waals surface area contributed by atoms with Gasteiger partial charge in [-0.15, -0.1) is 0 Å². The SMILES string of the molecule is CC1(C)c2c(c3ccccc3c3ccccc23)-c2cc3c4c5c(c(C#N)cc4n4c6cc(C#N)c7c(c6c(c21)c34)C1c2ccccc2C7c2ccccc21)C1c2ccccc2C5c2ccccc21. The van der Waals surface area contributed by atoms with Crippen LogP contribution in [0.4, 0.5) is 0 Å². The molecule has 3 nitrogen and oxygen atoms in total. The number of fused-ring (bicyclic) bond motifs is 15. The maximum Gasteiger partial charge on any atom is 0.0995 e. The van der Waals surface area contributed by atoms with Gasteiger partial charge in [0.2, 0.25) is 0 Å². The average Bonchev–Trinajstić information content (AvgIpc) is 3.99. The van der Waals surface area contributed by atoms with Crippen LogP contribution in [0, 0.1) is 22.7 Å². The molecule has 0 unspecified atom stereocenters. The van der Waals surface area contributed by atoms with Crippen LogP contribution in [0.1, 0.15) is 127 Å². The van der Waals surface area contributed by atoms with Crippen molar-refractivity contribution in [2.24, 2.45) is 0 Å². The lowest BCUT2D eigenvalue weighted by molar-refractivity contribution is 0.673. The highest BCUT2D eigenvalue weighted by Gasteiger charge is 2.49. The second-order valence-corrected chi connectivity index (χ2v) is 20.6. The van der Waals surface area contributed by atoms with Crippen LogP contribution in [0.25, 0.3) is 70.8 Å². The first-order chi connectivity index (χ1) is 33.5. The Morgan fingerprint density at radius 1 is 0.397 bits per heavy atom. The first kappa shape index (κ1) is 35.7. The van der Waals surface area contributed by atoms with E-state index in [-0.39, 0.29) is 23.7 Å². The molecule has 0 amide bonds. The molecule has 0 radical (unpaired) electrons. The summed E-state index contributed by atoms with van der Waals surface area (Å²) < 4.78 is 2.51. The van der Waals surface area contributed by atoms with Crippen LogP contribution in [0.3, 0.4) is 0 Å². The number of rotatable bonds is 0. The molecule has 0 atom stereocenters. The Hall–Kier alpha value is -8.50. The van der Waals surface area contributed by atoms with E-state index >= 15 is 0 Å². The second-order valence-electron chi connectivity index (χ2n) is 20.6. The van der Waals surface area contributed by atoms with E-state index in [9.17, 15) is 10.5 Å². The van der Waals surface area contributed by atoms with Gasteiger partial charge in [-0.05, 0) is 129 Å². The van der Waals surface area contributed by atoms with Crippen LogP contribution in [-0.4, -0.2) is 4.40 Å². The van der Waals surface area contributed by atoms with Gasteiger partial charge in [-0.2, -0.15) is 10.5 Å². The summed E-state index contributed by atoms with van der Waals surface area (Å²) in [5.41, 5.74) is 25.1. The first-order valence-electron chi connectivity index (χ1n) is 24.0. The van der Waals surface area contributed by atoms with Crippen molar-refractivity contribution in [1.82, 2.24) is 4.40 Å². The molecule has 3 heteroatoms. The van der Waals surface area contributed by atoms with Gasteiger partial charge in [0.1, 0.15) is 0 Å². The second kappa shape index (κ2) is 11.7.